The lowest BCUT2D eigenvalue weighted by Crippen LogP contribution is -2.37. The van der Waals surface area contributed by atoms with E-state index in [0.717, 1.165) is 24.2 Å². The first-order valence-electron chi connectivity index (χ1n) is 13.7. The molecular formula is C32H39N3O6. The Labute approximate surface area is 240 Å². The number of hydrogen-bond donors (Lipinski definition) is 1. The van der Waals surface area contributed by atoms with Crippen LogP contribution in [-0.4, -0.2) is 73.2 Å². The molecule has 9 nitrogen and oxygen atoms in total. The van der Waals surface area contributed by atoms with Gasteiger partial charge in [-0.2, -0.15) is 0 Å². The Kier molecular flexibility index (Phi) is 9.86. The van der Waals surface area contributed by atoms with E-state index in [9.17, 15) is 9.90 Å². The van der Waals surface area contributed by atoms with Gasteiger partial charge in [-0.3, -0.25) is 9.36 Å². The Morgan fingerprint density at radius 3 is 2.27 bits per heavy atom. The van der Waals surface area contributed by atoms with Crippen LogP contribution in [0.3, 0.4) is 0 Å². The molecule has 4 aromatic rings. The SMILES string of the molecule is CCN(CC(O)COc1ccc(-c2nc3ccc(OC)cc3c(=O)n2C)cc1)CC(C)c1ccc(OC)c(OC)c1. The second-order valence-electron chi connectivity index (χ2n) is 10.0. The van der Waals surface area contributed by atoms with Gasteiger partial charge in [0, 0.05) is 25.7 Å². The number of likely N-dealkylation sites (N-methyl/N-ethyl adjacent to an activating group) is 1. The van der Waals surface area contributed by atoms with Crippen molar-refractivity contribution in [2.45, 2.75) is 25.9 Å². The molecule has 0 aliphatic heterocycles. The summed E-state index contributed by atoms with van der Waals surface area (Å²) in [5.41, 5.74) is 2.39. The molecule has 2 unspecified atom stereocenters. The number of methoxy groups -OCH3 is 3. The van der Waals surface area contributed by atoms with Gasteiger partial charge < -0.3 is 29.0 Å². The minimum Gasteiger partial charge on any atom is -0.497 e. The standard InChI is InChI=1S/C32H39N3O6/c1-7-35(18-21(2)23-10-15-29(39-5)30(16-23)40-6)19-24(36)20-41-25-11-8-22(9-12-25)31-33-28-14-13-26(38-4)17-27(28)32(37)34(31)3/h8-17,21,24,36H,7,18-20H2,1-6H3. The van der Waals surface area contributed by atoms with Crippen molar-refractivity contribution in [3.05, 3.63) is 76.6 Å². The topological polar surface area (TPSA) is 95.3 Å². The number of aliphatic hydroxyl groups excluding tert-OH is 1. The highest BCUT2D eigenvalue weighted by molar-refractivity contribution is 5.81. The van der Waals surface area contributed by atoms with Crippen molar-refractivity contribution >= 4 is 10.9 Å². The van der Waals surface area contributed by atoms with Gasteiger partial charge in [0.05, 0.1) is 32.2 Å². The number of ether oxygens (including phenoxy) is 4. The molecule has 1 heterocycles. The van der Waals surface area contributed by atoms with Gasteiger partial charge in [0.1, 0.15) is 30.0 Å². The predicted molar refractivity (Wildman–Crippen MR) is 161 cm³/mol. The first-order chi connectivity index (χ1) is 19.8. The van der Waals surface area contributed by atoms with E-state index in [1.165, 1.54) is 4.57 Å². The van der Waals surface area contributed by atoms with Crippen LogP contribution in [0.5, 0.6) is 23.0 Å². The Morgan fingerprint density at radius 1 is 0.902 bits per heavy atom. The number of aliphatic hydroxyl groups is 1. The quantitative estimate of drug-likeness (QED) is 0.255. The molecule has 0 spiro atoms. The first kappa shape index (κ1) is 29.9. The van der Waals surface area contributed by atoms with Gasteiger partial charge in [-0.15, -0.1) is 0 Å². The highest BCUT2D eigenvalue weighted by atomic mass is 16.5. The summed E-state index contributed by atoms with van der Waals surface area (Å²) in [5, 5.41) is 11.2. The van der Waals surface area contributed by atoms with Crippen LogP contribution in [0.4, 0.5) is 0 Å². The monoisotopic (exact) mass is 561 g/mol. The number of fused-ring (bicyclic) bond motifs is 1. The molecule has 9 heteroatoms. The zero-order valence-corrected chi connectivity index (χ0v) is 24.6. The third-order valence-electron chi connectivity index (χ3n) is 7.26. The molecule has 0 radical (unpaired) electrons. The highest BCUT2D eigenvalue weighted by Crippen LogP contribution is 2.31. The van der Waals surface area contributed by atoms with Crippen molar-refractivity contribution in [2.24, 2.45) is 7.05 Å². The van der Waals surface area contributed by atoms with Crippen LogP contribution in [0.25, 0.3) is 22.3 Å². The average molecular weight is 562 g/mol. The van der Waals surface area contributed by atoms with E-state index in [-0.39, 0.29) is 18.1 Å². The molecule has 0 fully saturated rings. The summed E-state index contributed by atoms with van der Waals surface area (Å²) in [7, 11) is 6.53. The van der Waals surface area contributed by atoms with E-state index in [1.54, 1.807) is 46.6 Å². The van der Waals surface area contributed by atoms with Crippen molar-refractivity contribution in [3.63, 3.8) is 0 Å². The number of nitrogens with zero attached hydrogens (tertiary/aromatic N) is 3. The summed E-state index contributed by atoms with van der Waals surface area (Å²) in [5.74, 6) is 3.44. The van der Waals surface area contributed by atoms with Crippen LogP contribution in [0.1, 0.15) is 25.3 Å². The van der Waals surface area contributed by atoms with Gasteiger partial charge in [-0.1, -0.05) is 19.9 Å². The minimum atomic E-state index is -0.660. The third kappa shape index (κ3) is 6.99. The molecule has 1 aromatic heterocycles. The molecule has 4 rings (SSSR count). The van der Waals surface area contributed by atoms with Gasteiger partial charge in [-0.05, 0) is 72.6 Å². The minimum absolute atomic E-state index is 0.145. The summed E-state index contributed by atoms with van der Waals surface area (Å²) < 4.78 is 23.5. The van der Waals surface area contributed by atoms with Crippen LogP contribution in [0, 0.1) is 0 Å². The van der Waals surface area contributed by atoms with E-state index in [0.29, 0.717) is 46.3 Å². The van der Waals surface area contributed by atoms with Crippen LogP contribution >= 0.6 is 0 Å². The molecule has 218 valence electrons. The lowest BCUT2D eigenvalue weighted by atomic mass is 10.00. The van der Waals surface area contributed by atoms with Crippen LogP contribution in [0.15, 0.2) is 65.5 Å². The summed E-state index contributed by atoms with van der Waals surface area (Å²) in [4.78, 5) is 19.9. The zero-order chi connectivity index (χ0) is 29.5. The van der Waals surface area contributed by atoms with E-state index in [2.05, 4.69) is 18.7 Å². The fourth-order valence-electron chi connectivity index (χ4n) is 4.86. The Bertz CT molecular complexity index is 1520. The summed E-state index contributed by atoms with van der Waals surface area (Å²) in [6.07, 6.45) is -0.660. The maximum Gasteiger partial charge on any atom is 0.261 e. The lowest BCUT2D eigenvalue weighted by Gasteiger charge is -2.27. The molecule has 0 aliphatic carbocycles. The van der Waals surface area contributed by atoms with Crippen molar-refractivity contribution in [1.82, 2.24) is 14.5 Å². The van der Waals surface area contributed by atoms with Crippen molar-refractivity contribution in [1.29, 1.82) is 0 Å². The maximum absolute atomic E-state index is 13.0. The summed E-state index contributed by atoms with van der Waals surface area (Å²) >= 11 is 0. The molecule has 41 heavy (non-hydrogen) atoms. The largest absolute Gasteiger partial charge is 0.497 e. The third-order valence-corrected chi connectivity index (χ3v) is 7.26. The molecule has 0 aliphatic rings. The zero-order valence-electron chi connectivity index (χ0n) is 24.6. The lowest BCUT2D eigenvalue weighted by molar-refractivity contribution is 0.0683. The smallest absolute Gasteiger partial charge is 0.261 e. The van der Waals surface area contributed by atoms with Gasteiger partial charge in [-0.25, -0.2) is 4.98 Å². The van der Waals surface area contributed by atoms with Gasteiger partial charge in [0.25, 0.3) is 5.56 Å². The van der Waals surface area contributed by atoms with Crippen LogP contribution in [0.2, 0.25) is 0 Å². The van der Waals surface area contributed by atoms with Crippen molar-refractivity contribution in [3.8, 4) is 34.4 Å². The second-order valence-corrected chi connectivity index (χ2v) is 10.0. The van der Waals surface area contributed by atoms with Crippen molar-refractivity contribution in [2.75, 3.05) is 47.6 Å². The predicted octanol–water partition coefficient (Wildman–Crippen LogP) is 4.49. The first-order valence-corrected chi connectivity index (χ1v) is 13.7. The molecule has 3 aromatic carbocycles. The normalized spacial score (nSPS) is 12.8. The molecule has 0 saturated carbocycles. The second kappa shape index (κ2) is 13.5. The summed E-state index contributed by atoms with van der Waals surface area (Å²) in [6.45, 7) is 6.47. The number of aromatic nitrogens is 2. The van der Waals surface area contributed by atoms with E-state index in [1.807, 2.05) is 42.5 Å². The van der Waals surface area contributed by atoms with Crippen molar-refractivity contribution < 1.29 is 24.1 Å². The van der Waals surface area contributed by atoms with E-state index < -0.39 is 6.10 Å². The van der Waals surface area contributed by atoms with Gasteiger partial charge in [0.2, 0.25) is 0 Å². The molecule has 0 amide bonds. The number of rotatable bonds is 13. The number of benzene rings is 3. The fraction of sp³-hybridized carbons (Fsp3) is 0.375. The van der Waals surface area contributed by atoms with Crippen LogP contribution < -0.4 is 24.5 Å². The highest BCUT2D eigenvalue weighted by Gasteiger charge is 2.17. The number of hydrogen-bond acceptors (Lipinski definition) is 8. The molecule has 0 bridgehead atoms. The molecule has 1 N–H and O–H groups in total. The van der Waals surface area contributed by atoms with E-state index >= 15 is 0 Å². The Balaban J connectivity index is 1.36. The Hall–Kier alpha value is -4.08. The molecule has 0 saturated heterocycles. The molecular weight excluding hydrogens is 522 g/mol. The Morgan fingerprint density at radius 2 is 1.61 bits per heavy atom. The molecule has 2 atom stereocenters. The maximum atomic E-state index is 13.0. The van der Waals surface area contributed by atoms with E-state index in [4.69, 9.17) is 23.9 Å². The van der Waals surface area contributed by atoms with Gasteiger partial charge in [0.15, 0.2) is 11.5 Å². The summed E-state index contributed by atoms with van der Waals surface area (Å²) in [6, 6.07) is 18.6. The average Bonchev–Trinajstić information content (AvgIpc) is 3.01. The van der Waals surface area contributed by atoms with Gasteiger partial charge >= 0.3 is 0 Å². The fourth-order valence-corrected chi connectivity index (χ4v) is 4.86. The van der Waals surface area contributed by atoms with Crippen LogP contribution in [-0.2, 0) is 7.05 Å².